The zero-order valence-electron chi connectivity index (χ0n) is 8.47. The van der Waals surface area contributed by atoms with Gasteiger partial charge in [-0.2, -0.15) is 0 Å². The summed E-state index contributed by atoms with van der Waals surface area (Å²) in [6.07, 6.45) is -0.199. The van der Waals surface area contributed by atoms with Crippen LogP contribution < -0.4 is 5.73 Å². The highest BCUT2D eigenvalue weighted by atomic mass is 35.5. The zero-order valence-corrected chi connectivity index (χ0v) is 9.22. The van der Waals surface area contributed by atoms with Gasteiger partial charge in [0.15, 0.2) is 0 Å². The Bertz CT molecular complexity index is 412. The highest BCUT2D eigenvalue weighted by Gasteiger charge is 2.19. The van der Waals surface area contributed by atoms with Crippen molar-refractivity contribution >= 4 is 17.6 Å². The summed E-state index contributed by atoms with van der Waals surface area (Å²) in [5.41, 5.74) is 5.55. The maximum absolute atomic E-state index is 13.5. The molecule has 0 aliphatic rings. The lowest BCUT2D eigenvalue weighted by Gasteiger charge is -2.12. The molecule has 1 rings (SSSR count). The van der Waals surface area contributed by atoms with E-state index in [1.54, 1.807) is 0 Å². The monoisotopic (exact) mass is 249 g/mol. The number of esters is 1. The zero-order chi connectivity index (χ0) is 12.3. The first-order valence-electron chi connectivity index (χ1n) is 4.43. The van der Waals surface area contributed by atoms with Crippen LogP contribution in [0, 0.1) is 11.6 Å². The Morgan fingerprint density at radius 1 is 1.56 bits per heavy atom. The van der Waals surface area contributed by atoms with Gasteiger partial charge in [-0.1, -0.05) is 17.7 Å². The van der Waals surface area contributed by atoms with Crippen molar-refractivity contribution in [3.05, 3.63) is 34.4 Å². The molecular formula is C10H10ClF2NO2. The summed E-state index contributed by atoms with van der Waals surface area (Å²) in [6, 6.07) is 1.24. The Morgan fingerprint density at radius 2 is 2.19 bits per heavy atom. The van der Waals surface area contributed by atoms with Crippen LogP contribution in [-0.2, 0) is 9.53 Å². The second-order valence-corrected chi connectivity index (χ2v) is 3.53. The normalized spacial score (nSPS) is 12.3. The van der Waals surface area contributed by atoms with Crippen molar-refractivity contribution in [3.63, 3.8) is 0 Å². The molecule has 16 heavy (non-hydrogen) atoms. The molecule has 6 heteroatoms. The van der Waals surface area contributed by atoms with Crippen molar-refractivity contribution < 1.29 is 18.3 Å². The molecule has 0 saturated carbocycles. The fraction of sp³-hybridized carbons (Fsp3) is 0.300. The summed E-state index contributed by atoms with van der Waals surface area (Å²) in [6.45, 7) is 0. The average molecular weight is 250 g/mol. The third-order valence-corrected chi connectivity index (χ3v) is 2.43. The first-order valence-corrected chi connectivity index (χ1v) is 4.81. The summed E-state index contributed by atoms with van der Waals surface area (Å²) >= 11 is 5.38. The SMILES string of the molecule is COC(=O)C[C@H](N)c1ccc(F)c(Cl)c1F. The lowest BCUT2D eigenvalue weighted by Crippen LogP contribution is -2.17. The number of hydrogen-bond donors (Lipinski definition) is 1. The van der Waals surface area contributed by atoms with E-state index in [2.05, 4.69) is 4.74 Å². The lowest BCUT2D eigenvalue weighted by molar-refractivity contribution is -0.141. The quantitative estimate of drug-likeness (QED) is 0.660. The van der Waals surface area contributed by atoms with Crippen molar-refractivity contribution in [1.82, 2.24) is 0 Å². The van der Waals surface area contributed by atoms with Crippen LogP contribution in [0.3, 0.4) is 0 Å². The summed E-state index contributed by atoms with van der Waals surface area (Å²) < 4.78 is 30.7. The van der Waals surface area contributed by atoms with Gasteiger partial charge in [0.2, 0.25) is 0 Å². The van der Waals surface area contributed by atoms with Gasteiger partial charge >= 0.3 is 5.97 Å². The minimum Gasteiger partial charge on any atom is -0.469 e. The van der Waals surface area contributed by atoms with Crippen molar-refractivity contribution in [2.24, 2.45) is 5.73 Å². The molecule has 1 atom stereocenters. The average Bonchev–Trinajstić information content (AvgIpc) is 2.25. The molecule has 1 aromatic carbocycles. The van der Waals surface area contributed by atoms with E-state index in [0.717, 1.165) is 12.1 Å². The van der Waals surface area contributed by atoms with Crippen molar-refractivity contribution in [1.29, 1.82) is 0 Å². The van der Waals surface area contributed by atoms with Crippen LogP contribution in [0.1, 0.15) is 18.0 Å². The fourth-order valence-corrected chi connectivity index (χ4v) is 1.37. The first-order chi connectivity index (χ1) is 7.47. The minimum absolute atomic E-state index is 0.0169. The summed E-state index contributed by atoms with van der Waals surface area (Å²) in [5.74, 6) is -2.39. The van der Waals surface area contributed by atoms with Crippen LogP contribution in [0.5, 0.6) is 0 Å². The number of carbonyl (C=O) groups excluding carboxylic acids is 1. The van der Waals surface area contributed by atoms with Crippen LogP contribution in [0.25, 0.3) is 0 Å². The highest BCUT2D eigenvalue weighted by molar-refractivity contribution is 6.30. The van der Waals surface area contributed by atoms with E-state index < -0.39 is 28.7 Å². The molecule has 0 aromatic heterocycles. The van der Waals surface area contributed by atoms with Crippen LogP contribution >= 0.6 is 11.6 Å². The summed E-state index contributed by atoms with van der Waals surface area (Å²) in [7, 11) is 1.20. The molecule has 0 spiro atoms. The Hall–Kier alpha value is -1.20. The van der Waals surface area contributed by atoms with Crippen LogP contribution in [-0.4, -0.2) is 13.1 Å². The third-order valence-electron chi connectivity index (χ3n) is 2.08. The summed E-state index contributed by atoms with van der Waals surface area (Å²) in [5, 5.41) is -0.627. The Morgan fingerprint density at radius 3 is 2.75 bits per heavy atom. The van der Waals surface area contributed by atoms with Gasteiger partial charge < -0.3 is 10.5 Å². The summed E-state index contributed by atoms with van der Waals surface area (Å²) in [4.78, 5) is 10.9. The van der Waals surface area contributed by atoms with Gasteiger partial charge in [-0.05, 0) is 6.07 Å². The molecule has 0 saturated heterocycles. The van der Waals surface area contributed by atoms with Gasteiger partial charge in [0.25, 0.3) is 0 Å². The number of ether oxygens (including phenoxy) is 1. The van der Waals surface area contributed by atoms with Crippen molar-refractivity contribution in [2.75, 3.05) is 7.11 Å². The molecule has 0 bridgehead atoms. The molecule has 0 aliphatic heterocycles. The second-order valence-electron chi connectivity index (χ2n) is 3.15. The second kappa shape index (κ2) is 5.23. The number of rotatable bonds is 3. The topological polar surface area (TPSA) is 52.3 Å². The smallest absolute Gasteiger partial charge is 0.307 e. The molecule has 0 radical (unpaired) electrons. The molecule has 3 nitrogen and oxygen atoms in total. The van der Waals surface area contributed by atoms with E-state index in [1.165, 1.54) is 7.11 Å². The number of carbonyl (C=O) groups is 1. The predicted octanol–water partition coefficient (Wildman–Crippen LogP) is 2.18. The van der Waals surface area contributed by atoms with Gasteiger partial charge in [-0.15, -0.1) is 0 Å². The van der Waals surface area contributed by atoms with Crippen LogP contribution in [0.4, 0.5) is 8.78 Å². The first kappa shape index (κ1) is 12.9. The van der Waals surface area contributed by atoms with E-state index in [4.69, 9.17) is 17.3 Å². The van der Waals surface area contributed by atoms with E-state index in [-0.39, 0.29) is 12.0 Å². The van der Waals surface area contributed by atoms with E-state index in [0.29, 0.717) is 0 Å². The molecular weight excluding hydrogens is 240 g/mol. The third kappa shape index (κ3) is 2.68. The van der Waals surface area contributed by atoms with Crippen LogP contribution in [0.2, 0.25) is 5.02 Å². The van der Waals surface area contributed by atoms with Gasteiger partial charge in [0.1, 0.15) is 16.7 Å². The van der Waals surface area contributed by atoms with E-state index in [9.17, 15) is 13.6 Å². The standard InChI is InChI=1S/C10H10ClF2NO2/c1-16-8(15)4-7(14)5-2-3-6(12)9(11)10(5)13/h2-3,7H,4,14H2,1H3/t7-/m0/s1. The molecule has 2 N–H and O–H groups in total. The highest BCUT2D eigenvalue weighted by Crippen LogP contribution is 2.26. The molecule has 88 valence electrons. The van der Waals surface area contributed by atoms with Gasteiger partial charge in [0.05, 0.1) is 13.5 Å². The molecule has 0 unspecified atom stereocenters. The molecule has 1 aromatic rings. The number of nitrogens with two attached hydrogens (primary N) is 1. The molecule has 0 amide bonds. The molecule has 0 fully saturated rings. The maximum atomic E-state index is 13.5. The molecule has 0 aliphatic carbocycles. The number of hydrogen-bond acceptors (Lipinski definition) is 3. The fourth-order valence-electron chi connectivity index (χ4n) is 1.20. The number of methoxy groups -OCH3 is 1. The van der Waals surface area contributed by atoms with Gasteiger partial charge in [0, 0.05) is 11.6 Å². The van der Waals surface area contributed by atoms with Crippen molar-refractivity contribution in [2.45, 2.75) is 12.5 Å². The van der Waals surface area contributed by atoms with Gasteiger partial charge in [-0.25, -0.2) is 8.78 Å². The Kier molecular flexibility index (Phi) is 4.20. The van der Waals surface area contributed by atoms with Gasteiger partial charge in [-0.3, -0.25) is 4.79 Å². The van der Waals surface area contributed by atoms with Crippen molar-refractivity contribution in [3.8, 4) is 0 Å². The largest absolute Gasteiger partial charge is 0.469 e. The predicted molar refractivity (Wildman–Crippen MR) is 54.9 cm³/mol. The Balaban J connectivity index is 2.96. The molecule has 0 heterocycles. The van der Waals surface area contributed by atoms with E-state index >= 15 is 0 Å². The maximum Gasteiger partial charge on any atom is 0.307 e. The minimum atomic E-state index is -0.946. The number of halogens is 3. The van der Waals surface area contributed by atoms with E-state index in [1.807, 2.05) is 0 Å². The lowest BCUT2D eigenvalue weighted by atomic mass is 10.0. The number of benzene rings is 1. The van der Waals surface area contributed by atoms with Crippen LogP contribution in [0.15, 0.2) is 12.1 Å². The Labute approximate surface area is 96.1 Å².